The van der Waals surface area contributed by atoms with Crippen LogP contribution in [0.1, 0.15) is 34.5 Å². The third-order valence-electron chi connectivity index (χ3n) is 6.53. The maximum absolute atomic E-state index is 13.3. The molecule has 0 atom stereocenters. The highest BCUT2D eigenvalue weighted by molar-refractivity contribution is 5.97. The molecule has 1 N–H and O–H groups in total. The molecular weight excluding hydrogens is 479 g/mol. The number of halogens is 3. The minimum absolute atomic E-state index is 0.0177. The topological polar surface area (TPSA) is 81.9 Å². The predicted molar refractivity (Wildman–Crippen MR) is 134 cm³/mol. The van der Waals surface area contributed by atoms with Crippen LogP contribution in [0.3, 0.4) is 0 Å². The normalized spacial score (nSPS) is 14.4. The van der Waals surface area contributed by atoms with Gasteiger partial charge in [-0.05, 0) is 71.8 Å². The Kier molecular flexibility index (Phi) is 6.49. The lowest BCUT2D eigenvalue weighted by atomic mass is 9.98. The molecule has 2 aromatic carbocycles. The molecule has 1 aliphatic heterocycles. The molecule has 0 radical (unpaired) electrons. The Hall–Kier alpha value is -4.45. The number of nitrogens with one attached hydrogen (secondary N) is 1. The number of hydrogen-bond donors (Lipinski definition) is 1. The first-order valence-electron chi connectivity index (χ1n) is 11.8. The van der Waals surface area contributed by atoms with Gasteiger partial charge in [0.15, 0.2) is 5.69 Å². The number of carbonyl (C=O) groups is 1. The third-order valence-corrected chi connectivity index (χ3v) is 6.53. The van der Waals surface area contributed by atoms with Crippen LogP contribution in [0.2, 0.25) is 0 Å². The molecule has 0 aliphatic carbocycles. The molecule has 9 heteroatoms. The van der Waals surface area contributed by atoms with Crippen molar-refractivity contribution in [3.63, 3.8) is 0 Å². The lowest BCUT2D eigenvalue weighted by Gasteiger charge is -2.33. The second-order valence-corrected chi connectivity index (χ2v) is 8.92. The highest BCUT2D eigenvalue weighted by atomic mass is 19.4. The van der Waals surface area contributed by atoms with E-state index < -0.39 is 23.3 Å². The number of rotatable bonds is 4. The number of amides is 1. The zero-order chi connectivity index (χ0) is 26.0. The molecule has 0 saturated carbocycles. The second kappa shape index (κ2) is 9.90. The number of benzene rings is 2. The van der Waals surface area contributed by atoms with E-state index in [1.165, 1.54) is 17.0 Å². The average Bonchev–Trinajstić information content (AvgIpc) is 2.92. The first kappa shape index (κ1) is 24.3. The average molecular weight is 502 g/mol. The Bertz CT molecular complexity index is 1500. The molecule has 37 heavy (non-hydrogen) atoms. The smallest absolute Gasteiger partial charge is 0.382 e. The number of likely N-dealkylation sites (tertiary alicyclic amines) is 1. The van der Waals surface area contributed by atoms with Gasteiger partial charge >= 0.3 is 6.18 Å². The van der Waals surface area contributed by atoms with Crippen LogP contribution in [0.4, 0.5) is 18.9 Å². The lowest BCUT2D eigenvalue weighted by molar-refractivity contribution is -0.141. The molecule has 6 nitrogen and oxygen atoms in total. The fourth-order valence-electron chi connectivity index (χ4n) is 4.67. The summed E-state index contributed by atoms with van der Waals surface area (Å²) >= 11 is 0. The van der Waals surface area contributed by atoms with Gasteiger partial charge in [-0.3, -0.25) is 14.8 Å². The molecule has 2 aromatic heterocycles. The fourth-order valence-corrected chi connectivity index (χ4v) is 4.67. The number of alkyl halides is 3. The fraction of sp³-hybridized carbons (Fsp3) is 0.214. The van der Waals surface area contributed by atoms with Gasteiger partial charge in [-0.2, -0.15) is 18.4 Å². The second-order valence-electron chi connectivity index (χ2n) is 8.92. The lowest BCUT2D eigenvalue weighted by Crippen LogP contribution is -2.43. The first-order chi connectivity index (χ1) is 17.8. The number of hydrogen-bond acceptors (Lipinski definition) is 5. The van der Waals surface area contributed by atoms with E-state index >= 15 is 0 Å². The standard InChI is InChI=1S/C28H22F3N5O/c29-28(30,31)26-23(5-2-9-34-26)27(37)36-11-7-22(8-12-36)35-25-15-21(14-20-6-10-33-17-24(20)25)19-4-1-3-18(13-19)16-32/h1-6,9-10,13-15,17,22,35H,7-8,11-12H2. The van der Waals surface area contributed by atoms with Crippen molar-refractivity contribution in [2.24, 2.45) is 0 Å². The summed E-state index contributed by atoms with van der Waals surface area (Å²) in [6, 6.07) is 18.1. The molecule has 5 rings (SSSR count). The predicted octanol–water partition coefficient (Wildman–Crippen LogP) is 5.90. The Labute approximate surface area is 211 Å². The van der Waals surface area contributed by atoms with Gasteiger partial charge in [0.2, 0.25) is 0 Å². The summed E-state index contributed by atoms with van der Waals surface area (Å²) in [6.45, 7) is 0.644. The zero-order valence-corrected chi connectivity index (χ0v) is 19.7. The molecule has 3 heterocycles. The molecule has 1 fully saturated rings. The van der Waals surface area contributed by atoms with Crippen LogP contribution in [0, 0.1) is 11.3 Å². The van der Waals surface area contributed by atoms with E-state index in [1.54, 1.807) is 18.5 Å². The van der Waals surface area contributed by atoms with Crippen LogP contribution < -0.4 is 5.32 Å². The third kappa shape index (κ3) is 5.09. The van der Waals surface area contributed by atoms with Crippen molar-refractivity contribution in [2.75, 3.05) is 18.4 Å². The van der Waals surface area contributed by atoms with Crippen molar-refractivity contribution in [3.8, 4) is 17.2 Å². The highest BCUT2D eigenvalue weighted by Crippen LogP contribution is 2.33. The van der Waals surface area contributed by atoms with E-state index in [2.05, 4.69) is 21.4 Å². The Morgan fingerprint density at radius 1 is 1.03 bits per heavy atom. The number of carbonyl (C=O) groups excluding carboxylic acids is 1. The molecular formula is C28H22F3N5O. The Morgan fingerprint density at radius 3 is 2.59 bits per heavy atom. The van der Waals surface area contributed by atoms with Gasteiger partial charge in [-0.1, -0.05) is 12.1 Å². The van der Waals surface area contributed by atoms with E-state index in [9.17, 15) is 23.2 Å². The van der Waals surface area contributed by atoms with E-state index in [-0.39, 0.29) is 6.04 Å². The monoisotopic (exact) mass is 501 g/mol. The van der Waals surface area contributed by atoms with Crippen molar-refractivity contribution in [3.05, 3.63) is 90.0 Å². The summed E-state index contributed by atoms with van der Waals surface area (Å²) in [6.07, 6.45) is 0.997. The van der Waals surface area contributed by atoms with Gasteiger partial charge in [0.1, 0.15) is 0 Å². The Balaban J connectivity index is 1.35. The Morgan fingerprint density at radius 2 is 1.84 bits per heavy atom. The van der Waals surface area contributed by atoms with Crippen LogP contribution in [0.15, 0.2) is 73.2 Å². The van der Waals surface area contributed by atoms with Crippen molar-refractivity contribution in [2.45, 2.75) is 25.1 Å². The van der Waals surface area contributed by atoms with Gasteiger partial charge in [0, 0.05) is 48.8 Å². The minimum Gasteiger partial charge on any atom is -0.382 e. The number of piperidine rings is 1. The van der Waals surface area contributed by atoms with Crippen LogP contribution in [0.5, 0.6) is 0 Å². The molecule has 1 aliphatic rings. The number of pyridine rings is 2. The van der Waals surface area contributed by atoms with Gasteiger partial charge in [-0.25, -0.2) is 0 Å². The minimum atomic E-state index is -4.70. The largest absolute Gasteiger partial charge is 0.434 e. The highest BCUT2D eigenvalue weighted by Gasteiger charge is 2.38. The van der Waals surface area contributed by atoms with E-state index in [4.69, 9.17) is 0 Å². The van der Waals surface area contributed by atoms with Gasteiger partial charge in [0.25, 0.3) is 5.91 Å². The number of anilines is 1. The summed E-state index contributed by atoms with van der Waals surface area (Å²) in [5.74, 6) is -0.659. The quantitative estimate of drug-likeness (QED) is 0.376. The summed E-state index contributed by atoms with van der Waals surface area (Å²) in [5, 5.41) is 14.8. The summed E-state index contributed by atoms with van der Waals surface area (Å²) < 4.78 is 40.0. The van der Waals surface area contributed by atoms with Gasteiger partial charge in [0.05, 0.1) is 17.2 Å². The van der Waals surface area contributed by atoms with Crippen molar-refractivity contribution >= 4 is 22.4 Å². The first-order valence-corrected chi connectivity index (χ1v) is 11.8. The molecule has 0 spiro atoms. The van der Waals surface area contributed by atoms with Crippen LogP contribution in [-0.4, -0.2) is 39.9 Å². The molecule has 4 aromatic rings. The molecule has 0 unspecified atom stereocenters. The maximum atomic E-state index is 13.3. The number of fused-ring (bicyclic) bond motifs is 1. The van der Waals surface area contributed by atoms with Crippen molar-refractivity contribution in [1.82, 2.24) is 14.9 Å². The van der Waals surface area contributed by atoms with E-state index in [0.29, 0.717) is 31.5 Å². The summed E-state index contributed by atoms with van der Waals surface area (Å²) in [4.78, 5) is 22.0. The number of nitrogens with zero attached hydrogens (tertiary/aromatic N) is 4. The van der Waals surface area contributed by atoms with Crippen LogP contribution >= 0.6 is 0 Å². The number of aromatic nitrogens is 2. The van der Waals surface area contributed by atoms with Gasteiger partial charge in [-0.15, -0.1) is 0 Å². The molecule has 1 amide bonds. The maximum Gasteiger partial charge on any atom is 0.434 e. The van der Waals surface area contributed by atoms with E-state index in [1.807, 2.05) is 36.4 Å². The van der Waals surface area contributed by atoms with Crippen LogP contribution in [0.25, 0.3) is 21.9 Å². The summed E-state index contributed by atoms with van der Waals surface area (Å²) in [5.41, 5.74) is 1.73. The molecule has 1 saturated heterocycles. The zero-order valence-electron chi connectivity index (χ0n) is 19.7. The summed E-state index contributed by atoms with van der Waals surface area (Å²) in [7, 11) is 0. The van der Waals surface area contributed by atoms with Gasteiger partial charge < -0.3 is 10.2 Å². The van der Waals surface area contributed by atoms with Crippen molar-refractivity contribution < 1.29 is 18.0 Å². The van der Waals surface area contributed by atoms with Crippen LogP contribution in [-0.2, 0) is 6.18 Å². The molecule has 186 valence electrons. The SMILES string of the molecule is N#Cc1cccc(-c2cc(NC3CCN(C(=O)c4cccnc4C(F)(F)F)CC3)c3cnccc3c2)c1. The number of nitriles is 1. The van der Waals surface area contributed by atoms with Crippen molar-refractivity contribution in [1.29, 1.82) is 5.26 Å². The van der Waals surface area contributed by atoms with E-state index in [0.717, 1.165) is 33.8 Å². The molecule has 0 bridgehead atoms.